The van der Waals surface area contributed by atoms with Crippen molar-refractivity contribution >= 4 is 33.3 Å². The normalized spacial score (nSPS) is 10.2. The van der Waals surface area contributed by atoms with Crippen LogP contribution in [0.3, 0.4) is 0 Å². The fourth-order valence-electron chi connectivity index (χ4n) is 2.02. The highest BCUT2D eigenvalue weighted by molar-refractivity contribution is 9.10. The molecule has 0 aromatic heterocycles. The second kappa shape index (κ2) is 7.23. The topological polar surface area (TPSA) is 75.5 Å². The Balaban J connectivity index is 2.11. The number of nitro groups is 1. The van der Waals surface area contributed by atoms with Crippen molar-refractivity contribution in [2.75, 3.05) is 12.4 Å². The van der Waals surface area contributed by atoms with Crippen LogP contribution in [0.25, 0.3) is 0 Å². The molecule has 0 unspecified atom stereocenters. The summed E-state index contributed by atoms with van der Waals surface area (Å²) in [5.74, 6) is 0. The summed E-state index contributed by atoms with van der Waals surface area (Å²) in [6, 6.07) is 11.7. The van der Waals surface area contributed by atoms with Gasteiger partial charge in [0.15, 0.2) is 0 Å². The fraction of sp³-hybridized carbons (Fsp3) is 0.188. The Hall–Kier alpha value is -2.41. The molecule has 2 aromatic carbocycles. The summed E-state index contributed by atoms with van der Waals surface area (Å²) in [4.78, 5) is 24.2. The predicted molar refractivity (Wildman–Crippen MR) is 92.5 cm³/mol. The second-order valence-electron chi connectivity index (χ2n) is 5.13. The minimum absolute atomic E-state index is 0.0562. The van der Waals surface area contributed by atoms with Gasteiger partial charge in [-0.25, -0.2) is 4.79 Å². The van der Waals surface area contributed by atoms with Crippen LogP contribution in [0.15, 0.2) is 46.9 Å². The highest BCUT2D eigenvalue weighted by Crippen LogP contribution is 2.23. The van der Waals surface area contributed by atoms with Crippen molar-refractivity contribution in [2.24, 2.45) is 0 Å². The molecule has 0 saturated carbocycles. The van der Waals surface area contributed by atoms with Crippen LogP contribution in [0.5, 0.6) is 0 Å². The first-order chi connectivity index (χ1) is 10.9. The van der Waals surface area contributed by atoms with Gasteiger partial charge in [0.1, 0.15) is 0 Å². The van der Waals surface area contributed by atoms with Gasteiger partial charge in [0.25, 0.3) is 5.69 Å². The number of hydrogen-bond donors (Lipinski definition) is 1. The molecule has 0 bridgehead atoms. The van der Waals surface area contributed by atoms with Crippen molar-refractivity contribution in [3.8, 4) is 0 Å². The summed E-state index contributed by atoms with van der Waals surface area (Å²) in [7, 11) is 1.67. The number of carbonyl (C=O) groups is 1. The number of carbonyl (C=O) groups excluding carboxylic acids is 1. The number of nitrogens with zero attached hydrogens (tertiary/aromatic N) is 2. The molecule has 0 aliphatic heterocycles. The van der Waals surface area contributed by atoms with Gasteiger partial charge in [0.2, 0.25) is 0 Å². The lowest BCUT2D eigenvalue weighted by molar-refractivity contribution is -0.384. The molecule has 23 heavy (non-hydrogen) atoms. The van der Waals surface area contributed by atoms with Gasteiger partial charge in [-0.2, -0.15) is 0 Å². The fourth-order valence-corrected chi connectivity index (χ4v) is 2.43. The molecule has 0 fully saturated rings. The molecule has 6 nitrogen and oxygen atoms in total. The highest BCUT2D eigenvalue weighted by Gasteiger charge is 2.14. The van der Waals surface area contributed by atoms with Crippen LogP contribution in [0.1, 0.15) is 11.1 Å². The zero-order valence-corrected chi connectivity index (χ0v) is 14.3. The van der Waals surface area contributed by atoms with E-state index in [-0.39, 0.29) is 11.7 Å². The lowest BCUT2D eigenvalue weighted by atomic mass is 10.2. The van der Waals surface area contributed by atoms with Crippen LogP contribution < -0.4 is 5.32 Å². The molecule has 2 rings (SSSR count). The van der Waals surface area contributed by atoms with E-state index in [4.69, 9.17) is 0 Å². The van der Waals surface area contributed by atoms with Crippen molar-refractivity contribution in [3.05, 3.63) is 68.2 Å². The van der Waals surface area contributed by atoms with Gasteiger partial charge in [-0.1, -0.05) is 40.2 Å². The number of hydrogen-bond acceptors (Lipinski definition) is 3. The van der Waals surface area contributed by atoms with E-state index in [0.29, 0.717) is 12.2 Å². The maximum absolute atomic E-state index is 12.3. The van der Waals surface area contributed by atoms with Crippen LogP contribution in [-0.2, 0) is 6.54 Å². The number of non-ortho nitro benzene ring substituents is 1. The molecule has 0 radical (unpaired) electrons. The third-order valence-electron chi connectivity index (χ3n) is 3.39. The Morgan fingerprint density at radius 3 is 2.65 bits per heavy atom. The van der Waals surface area contributed by atoms with E-state index in [0.717, 1.165) is 15.6 Å². The van der Waals surface area contributed by atoms with E-state index in [1.807, 2.05) is 24.3 Å². The first-order valence-electron chi connectivity index (χ1n) is 6.89. The summed E-state index contributed by atoms with van der Waals surface area (Å²) in [5.41, 5.74) is 2.11. The van der Waals surface area contributed by atoms with Gasteiger partial charge in [-0.15, -0.1) is 0 Å². The van der Waals surface area contributed by atoms with Gasteiger partial charge in [-0.05, 0) is 24.1 Å². The Kier molecular flexibility index (Phi) is 5.33. The molecule has 1 N–H and O–H groups in total. The quantitative estimate of drug-likeness (QED) is 0.636. The summed E-state index contributed by atoms with van der Waals surface area (Å²) in [6.07, 6.45) is 0. The molecule has 0 spiro atoms. The Morgan fingerprint density at radius 1 is 1.30 bits per heavy atom. The van der Waals surface area contributed by atoms with Gasteiger partial charge >= 0.3 is 6.03 Å². The van der Waals surface area contributed by atoms with Crippen LogP contribution >= 0.6 is 15.9 Å². The van der Waals surface area contributed by atoms with Crippen LogP contribution in [0.4, 0.5) is 16.2 Å². The number of benzene rings is 2. The number of rotatable bonds is 4. The van der Waals surface area contributed by atoms with E-state index in [1.165, 1.54) is 17.0 Å². The van der Waals surface area contributed by atoms with Gasteiger partial charge in [0.05, 0.1) is 10.6 Å². The first kappa shape index (κ1) is 17.0. The number of halogens is 1. The van der Waals surface area contributed by atoms with Gasteiger partial charge < -0.3 is 10.2 Å². The SMILES string of the molecule is Cc1ccc([N+](=O)[O-])cc1NC(=O)N(C)Cc1ccccc1Br. The lowest BCUT2D eigenvalue weighted by Gasteiger charge is -2.19. The number of nitro benzene ring substituents is 1. The molecule has 0 heterocycles. The number of anilines is 1. The maximum Gasteiger partial charge on any atom is 0.321 e. The third kappa shape index (κ3) is 4.29. The van der Waals surface area contributed by atoms with Gasteiger partial charge in [0, 0.05) is 30.2 Å². The molecule has 0 atom stereocenters. The molecule has 2 aromatic rings. The average Bonchev–Trinajstić information content (AvgIpc) is 2.51. The van der Waals surface area contributed by atoms with Crippen molar-refractivity contribution < 1.29 is 9.72 Å². The summed E-state index contributed by atoms with van der Waals surface area (Å²) in [6.45, 7) is 2.20. The minimum Gasteiger partial charge on any atom is -0.323 e. The Morgan fingerprint density at radius 2 is 2.00 bits per heavy atom. The van der Waals surface area contributed by atoms with Crippen LogP contribution in [0, 0.1) is 17.0 Å². The number of nitrogens with one attached hydrogen (secondary N) is 1. The molecule has 2 amide bonds. The second-order valence-corrected chi connectivity index (χ2v) is 5.99. The largest absolute Gasteiger partial charge is 0.323 e. The molecular formula is C16H16BrN3O3. The van der Waals surface area contributed by atoms with E-state index in [2.05, 4.69) is 21.2 Å². The van der Waals surface area contributed by atoms with Crippen molar-refractivity contribution in [3.63, 3.8) is 0 Å². The number of aryl methyl sites for hydroxylation is 1. The van der Waals surface area contributed by atoms with Crippen LogP contribution in [-0.4, -0.2) is 22.9 Å². The maximum atomic E-state index is 12.3. The molecule has 7 heteroatoms. The lowest BCUT2D eigenvalue weighted by Crippen LogP contribution is -2.31. The summed E-state index contributed by atoms with van der Waals surface area (Å²) < 4.78 is 0.922. The van der Waals surface area contributed by atoms with Crippen molar-refractivity contribution in [1.82, 2.24) is 4.90 Å². The summed E-state index contributed by atoms with van der Waals surface area (Å²) in [5, 5.41) is 13.6. The van der Waals surface area contributed by atoms with E-state index in [1.54, 1.807) is 20.0 Å². The zero-order valence-electron chi connectivity index (χ0n) is 12.7. The predicted octanol–water partition coefficient (Wildman–Crippen LogP) is 4.33. The van der Waals surface area contributed by atoms with E-state index in [9.17, 15) is 14.9 Å². The van der Waals surface area contributed by atoms with E-state index < -0.39 is 4.92 Å². The Bertz CT molecular complexity index is 749. The standard InChI is InChI=1S/C16H16BrN3O3/c1-11-7-8-13(20(22)23)9-15(11)18-16(21)19(2)10-12-5-3-4-6-14(12)17/h3-9H,10H2,1-2H3,(H,18,21). The van der Waals surface area contributed by atoms with Gasteiger partial charge in [-0.3, -0.25) is 10.1 Å². The zero-order chi connectivity index (χ0) is 17.0. The number of amides is 2. The smallest absolute Gasteiger partial charge is 0.321 e. The molecule has 120 valence electrons. The number of urea groups is 1. The molecule has 0 aliphatic rings. The molecule has 0 aliphatic carbocycles. The van der Waals surface area contributed by atoms with Crippen molar-refractivity contribution in [2.45, 2.75) is 13.5 Å². The van der Waals surface area contributed by atoms with Crippen molar-refractivity contribution in [1.29, 1.82) is 0 Å². The minimum atomic E-state index is -0.486. The molecular weight excluding hydrogens is 362 g/mol. The monoisotopic (exact) mass is 377 g/mol. The average molecular weight is 378 g/mol. The molecule has 0 saturated heterocycles. The highest BCUT2D eigenvalue weighted by atomic mass is 79.9. The van der Waals surface area contributed by atoms with Crippen LogP contribution in [0.2, 0.25) is 0 Å². The Labute approximate surface area is 142 Å². The first-order valence-corrected chi connectivity index (χ1v) is 7.68. The third-order valence-corrected chi connectivity index (χ3v) is 4.16. The summed E-state index contributed by atoms with van der Waals surface area (Å²) >= 11 is 3.44. The van der Waals surface area contributed by atoms with E-state index >= 15 is 0 Å².